The van der Waals surface area contributed by atoms with Crippen LogP contribution in [-0.2, 0) is 26.7 Å². The van der Waals surface area contributed by atoms with Crippen LogP contribution >= 0.6 is 0 Å². The SMILES string of the molecule is COC(=O)c1cccc(S(=O)(=O)N2CC3(CCN(C(=O)c4ccc(C#Cc5ccccc5)o4)CC3)c3cc(CN)ccc32)c1. The van der Waals surface area contributed by atoms with E-state index in [1.54, 1.807) is 23.1 Å². The van der Waals surface area contributed by atoms with Gasteiger partial charge in [-0.05, 0) is 78.4 Å². The Morgan fingerprint density at radius 3 is 2.45 bits per heavy atom. The maximum absolute atomic E-state index is 14.0. The van der Waals surface area contributed by atoms with Gasteiger partial charge in [0.25, 0.3) is 15.9 Å². The van der Waals surface area contributed by atoms with Crippen molar-refractivity contribution in [2.24, 2.45) is 5.73 Å². The summed E-state index contributed by atoms with van der Waals surface area (Å²) < 4.78 is 40.0. The fourth-order valence-corrected chi connectivity index (χ4v) is 7.55. The van der Waals surface area contributed by atoms with Crippen LogP contribution in [0, 0.1) is 11.8 Å². The highest BCUT2D eigenvalue weighted by atomic mass is 32.2. The third kappa shape index (κ3) is 5.36. The van der Waals surface area contributed by atoms with Crippen molar-refractivity contribution >= 4 is 27.6 Å². The zero-order valence-corrected chi connectivity index (χ0v) is 25.0. The fraction of sp³-hybridized carbons (Fsp3) is 0.235. The van der Waals surface area contributed by atoms with E-state index in [1.807, 2.05) is 42.5 Å². The molecule has 0 bridgehead atoms. The average Bonchev–Trinajstić information content (AvgIpc) is 3.67. The molecule has 4 aromatic rings. The van der Waals surface area contributed by atoms with Crippen molar-refractivity contribution in [3.8, 4) is 11.8 Å². The van der Waals surface area contributed by atoms with Gasteiger partial charge in [-0.1, -0.05) is 42.3 Å². The Morgan fingerprint density at radius 1 is 0.955 bits per heavy atom. The number of carbonyl (C=O) groups excluding carboxylic acids is 2. The lowest BCUT2D eigenvalue weighted by atomic mass is 9.74. The number of hydrogen-bond donors (Lipinski definition) is 1. The maximum atomic E-state index is 14.0. The van der Waals surface area contributed by atoms with E-state index < -0.39 is 21.4 Å². The summed E-state index contributed by atoms with van der Waals surface area (Å²) in [6, 6.07) is 24.3. The van der Waals surface area contributed by atoms with Crippen LogP contribution in [0.4, 0.5) is 5.69 Å². The van der Waals surface area contributed by atoms with Gasteiger partial charge < -0.3 is 19.8 Å². The number of rotatable bonds is 5. The van der Waals surface area contributed by atoms with E-state index >= 15 is 0 Å². The van der Waals surface area contributed by atoms with Crippen molar-refractivity contribution in [2.75, 3.05) is 31.0 Å². The molecule has 0 unspecified atom stereocenters. The molecule has 1 amide bonds. The van der Waals surface area contributed by atoms with E-state index in [0.29, 0.717) is 43.9 Å². The van der Waals surface area contributed by atoms with Crippen molar-refractivity contribution in [1.29, 1.82) is 0 Å². The summed E-state index contributed by atoms with van der Waals surface area (Å²) in [6.07, 6.45) is 1.10. The second-order valence-corrected chi connectivity index (χ2v) is 12.8. The van der Waals surface area contributed by atoms with E-state index in [0.717, 1.165) is 16.7 Å². The molecule has 1 spiro atoms. The zero-order chi connectivity index (χ0) is 30.9. The first-order valence-electron chi connectivity index (χ1n) is 14.2. The minimum atomic E-state index is -4.02. The summed E-state index contributed by atoms with van der Waals surface area (Å²) in [7, 11) is -2.77. The number of benzene rings is 3. The first-order valence-corrected chi connectivity index (χ1v) is 15.7. The third-order valence-electron chi connectivity index (χ3n) is 8.35. The lowest BCUT2D eigenvalue weighted by Gasteiger charge is -2.39. The molecule has 2 aliphatic heterocycles. The van der Waals surface area contributed by atoms with Crippen LogP contribution in [-0.4, -0.2) is 51.9 Å². The van der Waals surface area contributed by atoms with E-state index in [1.165, 1.54) is 35.7 Å². The van der Waals surface area contributed by atoms with Crippen molar-refractivity contribution in [3.63, 3.8) is 0 Å². The summed E-state index contributed by atoms with van der Waals surface area (Å²) in [5, 5.41) is 0. The molecule has 1 saturated heterocycles. The van der Waals surface area contributed by atoms with E-state index in [4.69, 9.17) is 14.9 Å². The van der Waals surface area contributed by atoms with Crippen molar-refractivity contribution < 1.29 is 27.2 Å². The minimum Gasteiger partial charge on any atom is -0.465 e. The molecule has 3 heterocycles. The van der Waals surface area contributed by atoms with E-state index in [9.17, 15) is 18.0 Å². The standard InChI is InChI=1S/C34H31N3O6S/c1-42-33(39)26-8-5-9-28(21-26)44(40,41)37-23-34(29-20-25(22-35)11-14-30(29)37)16-18-36(19-17-34)32(38)31-15-13-27(43-31)12-10-24-6-3-2-4-7-24/h2-9,11,13-15,20-21H,16-19,22-23,35H2,1H3. The predicted molar refractivity (Wildman–Crippen MR) is 165 cm³/mol. The molecule has 0 radical (unpaired) electrons. The smallest absolute Gasteiger partial charge is 0.337 e. The molecule has 0 aliphatic carbocycles. The quantitative estimate of drug-likeness (QED) is 0.264. The number of sulfonamides is 1. The first kappa shape index (κ1) is 29.2. The highest BCUT2D eigenvalue weighted by molar-refractivity contribution is 7.92. The summed E-state index contributed by atoms with van der Waals surface area (Å²) in [5.74, 6) is 5.76. The summed E-state index contributed by atoms with van der Waals surface area (Å²) in [4.78, 5) is 27.2. The number of fused-ring (bicyclic) bond motifs is 2. The Kier molecular flexibility index (Phi) is 7.76. The number of methoxy groups -OCH3 is 1. The lowest BCUT2D eigenvalue weighted by molar-refractivity contribution is 0.0599. The molecule has 1 fully saturated rings. The Labute approximate surface area is 256 Å². The van der Waals surface area contributed by atoms with Crippen LogP contribution in [0.1, 0.15) is 56.2 Å². The number of ether oxygens (including phenoxy) is 1. The van der Waals surface area contributed by atoms with Crippen LogP contribution in [0.25, 0.3) is 0 Å². The molecule has 9 nitrogen and oxygen atoms in total. The van der Waals surface area contributed by atoms with Crippen molar-refractivity contribution in [2.45, 2.75) is 29.7 Å². The van der Waals surface area contributed by atoms with Gasteiger partial charge in [-0.3, -0.25) is 9.10 Å². The Morgan fingerprint density at radius 2 is 1.73 bits per heavy atom. The van der Waals surface area contributed by atoms with Crippen LogP contribution in [0.3, 0.4) is 0 Å². The molecule has 10 heteroatoms. The second kappa shape index (κ2) is 11.7. The summed E-state index contributed by atoms with van der Waals surface area (Å²) >= 11 is 0. The van der Waals surface area contributed by atoms with Gasteiger partial charge in [-0.15, -0.1) is 0 Å². The minimum absolute atomic E-state index is 0.00269. The lowest BCUT2D eigenvalue weighted by Crippen LogP contribution is -2.47. The summed E-state index contributed by atoms with van der Waals surface area (Å²) in [5.41, 5.74) is 8.83. The Bertz CT molecular complexity index is 1900. The van der Waals surface area contributed by atoms with Gasteiger partial charge in [0.2, 0.25) is 0 Å². The van der Waals surface area contributed by atoms with Gasteiger partial charge in [0, 0.05) is 37.2 Å². The van der Waals surface area contributed by atoms with Crippen LogP contribution in [0.5, 0.6) is 0 Å². The van der Waals surface area contributed by atoms with Crippen molar-refractivity contribution in [3.05, 3.63) is 119 Å². The second-order valence-electron chi connectivity index (χ2n) is 10.9. The van der Waals surface area contributed by atoms with Gasteiger partial charge in [0.1, 0.15) is 0 Å². The molecule has 0 saturated carbocycles. The monoisotopic (exact) mass is 609 g/mol. The highest BCUT2D eigenvalue weighted by Gasteiger charge is 2.49. The van der Waals surface area contributed by atoms with Gasteiger partial charge in [-0.2, -0.15) is 0 Å². The third-order valence-corrected chi connectivity index (χ3v) is 10.1. The molecule has 224 valence electrons. The van der Waals surface area contributed by atoms with Gasteiger partial charge >= 0.3 is 5.97 Å². The molecule has 3 aromatic carbocycles. The molecule has 6 rings (SSSR count). The molecular formula is C34H31N3O6S. The molecule has 44 heavy (non-hydrogen) atoms. The number of esters is 1. The number of nitrogens with two attached hydrogens (primary N) is 1. The van der Waals surface area contributed by atoms with Crippen molar-refractivity contribution in [1.82, 2.24) is 4.90 Å². The molecular weight excluding hydrogens is 578 g/mol. The predicted octanol–water partition coefficient (Wildman–Crippen LogP) is 4.31. The number of amides is 1. The molecule has 0 atom stereocenters. The highest BCUT2D eigenvalue weighted by Crippen LogP contribution is 2.49. The number of carbonyl (C=O) groups is 2. The maximum Gasteiger partial charge on any atom is 0.337 e. The molecule has 2 aliphatic rings. The Hall–Kier alpha value is -4.85. The normalized spacial score (nSPS) is 15.4. The largest absolute Gasteiger partial charge is 0.465 e. The van der Waals surface area contributed by atoms with Crippen LogP contribution in [0.2, 0.25) is 0 Å². The topological polar surface area (TPSA) is 123 Å². The fourth-order valence-electron chi connectivity index (χ4n) is 5.94. The van der Waals surface area contributed by atoms with E-state index in [-0.39, 0.29) is 28.7 Å². The number of likely N-dealkylation sites (tertiary alicyclic amines) is 1. The average molecular weight is 610 g/mol. The number of furan rings is 1. The number of nitrogens with zero attached hydrogens (tertiary/aromatic N) is 2. The number of hydrogen-bond acceptors (Lipinski definition) is 7. The number of piperidine rings is 1. The zero-order valence-electron chi connectivity index (χ0n) is 24.2. The Balaban J connectivity index is 1.24. The van der Waals surface area contributed by atoms with Gasteiger partial charge in [-0.25, -0.2) is 13.2 Å². The number of anilines is 1. The summed E-state index contributed by atoms with van der Waals surface area (Å²) in [6.45, 7) is 1.37. The van der Waals surface area contributed by atoms with Gasteiger partial charge in [0.05, 0.1) is 23.3 Å². The van der Waals surface area contributed by atoms with Crippen LogP contribution in [0.15, 0.2) is 94.2 Å². The van der Waals surface area contributed by atoms with Gasteiger partial charge in [0.15, 0.2) is 11.5 Å². The first-order chi connectivity index (χ1) is 21.2. The van der Waals surface area contributed by atoms with E-state index in [2.05, 4.69) is 11.8 Å². The molecule has 1 aromatic heterocycles. The molecule has 2 N–H and O–H groups in total. The van der Waals surface area contributed by atoms with Crippen LogP contribution < -0.4 is 10.0 Å².